The molecule has 0 saturated carbocycles. The highest BCUT2D eigenvalue weighted by Gasteiger charge is 2.13. The van der Waals surface area contributed by atoms with Crippen LogP contribution in [0, 0.1) is 4.77 Å². The molecule has 0 amide bonds. The molecule has 0 aliphatic heterocycles. The van der Waals surface area contributed by atoms with Gasteiger partial charge in [0.05, 0.1) is 5.69 Å². The Balaban J connectivity index is 1.97. The van der Waals surface area contributed by atoms with Crippen LogP contribution in [-0.2, 0) is 26.4 Å². The van der Waals surface area contributed by atoms with E-state index >= 15 is 0 Å². The second kappa shape index (κ2) is 5.20. The zero-order valence-corrected chi connectivity index (χ0v) is 12.4. The van der Waals surface area contributed by atoms with E-state index in [2.05, 4.69) is 26.6 Å². The number of aromatic nitrogens is 5. The third kappa shape index (κ3) is 2.16. The molecule has 3 aromatic heterocycles. The molecule has 0 radical (unpaired) electrons. The number of H-pyrrole nitrogens is 1. The first-order valence-corrected chi connectivity index (χ1v) is 7.14. The number of nitrogens with zero attached hydrogens (tertiary/aromatic N) is 4. The standard InChI is InChI=1S/C14H17N5S/c1-3-11-12-13(18(2)17-11)19(14(20)16-12)9-6-10-4-7-15-8-5-10/h4-5,7-8H,3,6,9H2,1-2H3,(H,16,20). The minimum Gasteiger partial charge on any atom is -0.328 e. The highest BCUT2D eigenvalue weighted by atomic mass is 32.1. The zero-order valence-electron chi connectivity index (χ0n) is 11.6. The number of pyridine rings is 1. The average molecular weight is 287 g/mol. The van der Waals surface area contributed by atoms with Gasteiger partial charge in [0, 0.05) is 26.0 Å². The van der Waals surface area contributed by atoms with E-state index in [0.29, 0.717) is 0 Å². The first-order chi connectivity index (χ1) is 9.70. The fourth-order valence-corrected chi connectivity index (χ4v) is 2.80. The minimum absolute atomic E-state index is 0.761. The van der Waals surface area contributed by atoms with Crippen molar-refractivity contribution in [1.29, 1.82) is 0 Å². The Morgan fingerprint density at radius 1 is 1.30 bits per heavy atom. The second-order valence-electron chi connectivity index (χ2n) is 4.81. The summed E-state index contributed by atoms with van der Waals surface area (Å²) in [7, 11) is 1.97. The first kappa shape index (κ1) is 13.1. The molecule has 0 saturated heterocycles. The summed E-state index contributed by atoms with van der Waals surface area (Å²) < 4.78 is 4.79. The number of nitrogens with one attached hydrogen (secondary N) is 1. The molecule has 3 rings (SSSR count). The van der Waals surface area contributed by atoms with Gasteiger partial charge in [0.15, 0.2) is 10.4 Å². The van der Waals surface area contributed by atoms with Crippen LogP contribution in [0.2, 0.25) is 0 Å². The maximum absolute atomic E-state index is 5.44. The van der Waals surface area contributed by atoms with Crippen LogP contribution in [0.5, 0.6) is 0 Å². The largest absolute Gasteiger partial charge is 0.328 e. The molecule has 1 N–H and O–H groups in total. The molecule has 0 spiro atoms. The fraction of sp³-hybridized carbons (Fsp3) is 0.357. The molecule has 0 bridgehead atoms. The van der Waals surface area contributed by atoms with Crippen LogP contribution in [0.15, 0.2) is 24.5 Å². The number of aryl methyl sites for hydroxylation is 4. The van der Waals surface area contributed by atoms with Crippen LogP contribution in [0.4, 0.5) is 0 Å². The molecule has 0 aromatic carbocycles. The quantitative estimate of drug-likeness (QED) is 0.751. The maximum Gasteiger partial charge on any atom is 0.179 e. The third-order valence-corrected chi connectivity index (χ3v) is 3.85. The summed E-state index contributed by atoms with van der Waals surface area (Å²) in [5.74, 6) is 0. The van der Waals surface area contributed by atoms with Crippen molar-refractivity contribution in [2.45, 2.75) is 26.3 Å². The lowest BCUT2D eigenvalue weighted by molar-refractivity contribution is 0.662. The third-order valence-electron chi connectivity index (χ3n) is 3.53. The minimum atomic E-state index is 0.761. The van der Waals surface area contributed by atoms with Crippen molar-refractivity contribution in [2.24, 2.45) is 7.05 Å². The summed E-state index contributed by atoms with van der Waals surface area (Å²) in [5.41, 5.74) is 4.46. The van der Waals surface area contributed by atoms with E-state index in [4.69, 9.17) is 12.2 Å². The molecule has 3 aromatic rings. The molecular weight excluding hydrogens is 270 g/mol. The Morgan fingerprint density at radius 3 is 2.75 bits per heavy atom. The van der Waals surface area contributed by atoms with Crippen LogP contribution in [-0.4, -0.2) is 24.3 Å². The summed E-state index contributed by atoms with van der Waals surface area (Å²) in [6.45, 7) is 2.94. The van der Waals surface area contributed by atoms with E-state index < -0.39 is 0 Å². The monoisotopic (exact) mass is 287 g/mol. The average Bonchev–Trinajstić information content (AvgIpc) is 2.95. The van der Waals surface area contributed by atoms with Crippen molar-refractivity contribution in [3.63, 3.8) is 0 Å². The highest BCUT2D eigenvalue weighted by Crippen LogP contribution is 2.18. The Labute approximate surface area is 122 Å². The Morgan fingerprint density at radius 2 is 2.05 bits per heavy atom. The molecule has 5 nitrogen and oxygen atoms in total. The molecule has 3 heterocycles. The maximum atomic E-state index is 5.44. The topological polar surface area (TPSA) is 51.4 Å². The van der Waals surface area contributed by atoms with Crippen molar-refractivity contribution >= 4 is 23.4 Å². The van der Waals surface area contributed by atoms with Crippen LogP contribution >= 0.6 is 12.2 Å². The van der Waals surface area contributed by atoms with Gasteiger partial charge in [0.1, 0.15) is 5.52 Å². The number of imidazole rings is 1. The number of hydrogen-bond acceptors (Lipinski definition) is 3. The molecule has 0 fully saturated rings. The SMILES string of the molecule is CCc1nn(C)c2c1[nH]c(=S)n2CCc1ccncc1. The van der Waals surface area contributed by atoms with E-state index in [1.165, 1.54) is 5.56 Å². The highest BCUT2D eigenvalue weighted by molar-refractivity contribution is 7.71. The van der Waals surface area contributed by atoms with Gasteiger partial charge in [-0.25, -0.2) is 0 Å². The molecule has 6 heteroatoms. The summed E-state index contributed by atoms with van der Waals surface area (Å²) in [6.07, 6.45) is 5.47. The van der Waals surface area contributed by atoms with Crippen molar-refractivity contribution in [1.82, 2.24) is 24.3 Å². The van der Waals surface area contributed by atoms with Gasteiger partial charge < -0.3 is 9.55 Å². The molecule has 0 unspecified atom stereocenters. The van der Waals surface area contributed by atoms with Crippen LogP contribution in [0.1, 0.15) is 18.2 Å². The number of hydrogen-bond donors (Lipinski definition) is 1. The molecule has 20 heavy (non-hydrogen) atoms. The van der Waals surface area contributed by atoms with Gasteiger partial charge in [0.2, 0.25) is 0 Å². The molecular formula is C14H17N5S. The van der Waals surface area contributed by atoms with Crippen molar-refractivity contribution in [3.05, 3.63) is 40.6 Å². The zero-order chi connectivity index (χ0) is 14.1. The lowest BCUT2D eigenvalue weighted by Crippen LogP contribution is -2.05. The van der Waals surface area contributed by atoms with Gasteiger partial charge in [-0.15, -0.1) is 0 Å². The van der Waals surface area contributed by atoms with Crippen molar-refractivity contribution in [3.8, 4) is 0 Å². The summed E-state index contributed by atoms with van der Waals surface area (Å²) >= 11 is 5.44. The lowest BCUT2D eigenvalue weighted by Gasteiger charge is -2.05. The van der Waals surface area contributed by atoms with E-state index in [1.54, 1.807) is 0 Å². The van der Waals surface area contributed by atoms with Gasteiger partial charge in [-0.1, -0.05) is 6.92 Å². The smallest absolute Gasteiger partial charge is 0.179 e. The van der Waals surface area contributed by atoms with Gasteiger partial charge in [0.25, 0.3) is 0 Å². The van der Waals surface area contributed by atoms with Gasteiger partial charge >= 0.3 is 0 Å². The number of aromatic amines is 1. The van der Waals surface area contributed by atoms with Gasteiger partial charge in [-0.05, 0) is 42.8 Å². The van der Waals surface area contributed by atoms with Gasteiger partial charge in [-0.2, -0.15) is 5.10 Å². The Kier molecular flexibility index (Phi) is 3.40. The summed E-state index contributed by atoms with van der Waals surface area (Å²) in [4.78, 5) is 7.32. The van der Waals surface area contributed by atoms with Gasteiger partial charge in [-0.3, -0.25) is 9.67 Å². The summed E-state index contributed by atoms with van der Waals surface area (Å²) in [6, 6.07) is 4.07. The Bertz CT molecular complexity index is 781. The molecule has 104 valence electrons. The Hall–Kier alpha value is -1.95. The van der Waals surface area contributed by atoms with Crippen LogP contribution in [0.3, 0.4) is 0 Å². The van der Waals surface area contributed by atoms with Crippen LogP contribution in [0.25, 0.3) is 11.2 Å². The van der Waals surface area contributed by atoms with E-state index in [1.807, 2.05) is 36.3 Å². The number of fused-ring (bicyclic) bond motifs is 1. The summed E-state index contributed by atoms with van der Waals surface area (Å²) in [5, 5.41) is 4.53. The van der Waals surface area contributed by atoms with Crippen molar-refractivity contribution in [2.75, 3.05) is 0 Å². The molecule has 0 aliphatic carbocycles. The van der Waals surface area contributed by atoms with Crippen molar-refractivity contribution < 1.29 is 0 Å². The lowest BCUT2D eigenvalue weighted by atomic mass is 10.2. The van der Waals surface area contributed by atoms with E-state index in [-0.39, 0.29) is 0 Å². The van der Waals surface area contributed by atoms with E-state index in [9.17, 15) is 0 Å². The predicted octanol–water partition coefficient (Wildman–Crippen LogP) is 2.63. The second-order valence-corrected chi connectivity index (χ2v) is 5.20. The normalized spacial score (nSPS) is 11.3. The van der Waals surface area contributed by atoms with E-state index in [0.717, 1.165) is 41.0 Å². The van der Waals surface area contributed by atoms with Crippen LogP contribution < -0.4 is 0 Å². The number of rotatable bonds is 4. The first-order valence-electron chi connectivity index (χ1n) is 6.74. The predicted molar refractivity (Wildman–Crippen MR) is 81.2 cm³/mol. The molecule has 0 aliphatic rings. The fourth-order valence-electron chi connectivity index (χ4n) is 2.52. The molecule has 0 atom stereocenters.